The monoisotopic (exact) mass is 378 g/mol. The van der Waals surface area contributed by atoms with E-state index < -0.39 is 9.84 Å². The lowest BCUT2D eigenvalue weighted by molar-refractivity contribution is -0.131. The number of carbonyl (C=O) groups excluding carboxylic acids is 2. The number of rotatable bonds is 5. The topological polar surface area (TPSA) is 74.8 Å². The zero-order valence-corrected chi connectivity index (χ0v) is 16.1. The molecule has 2 aliphatic heterocycles. The van der Waals surface area contributed by atoms with Gasteiger partial charge in [0.1, 0.15) is 0 Å². The summed E-state index contributed by atoms with van der Waals surface area (Å²) in [6.07, 6.45) is 4.25. The fraction of sp³-hybridized carbons (Fsp3) is 0.579. The molecule has 2 amide bonds. The Bertz CT molecular complexity index is 798. The standard InChI is InChI=1S/C19H26N2O4S/c1-2-18(22)21-12-8-15-14-16(6-7-17(15)21)26(24,25)13-9-19(23)20-10-4-3-5-11-20/h6-7,14H,2-5,8-13H2,1H3. The third-order valence-electron chi connectivity index (χ3n) is 5.20. The van der Waals surface area contributed by atoms with E-state index in [1.54, 1.807) is 28.0 Å². The Morgan fingerprint density at radius 1 is 1.04 bits per heavy atom. The minimum atomic E-state index is -3.51. The van der Waals surface area contributed by atoms with Gasteiger partial charge in [-0.15, -0.1) is 0 Å². The first-order valence-electron chi connectivity index (χ1n) is 9.36. The van der Waals surface area contributed by atoms with Gasteiger partial charge >= 0.3 is 0 Å². The molecule has 0 atom stereocenters. The van der Waals surface area contributed by atoms with Crippen LogP contribution in [-0.2, 0) is 25.8 Å². The third-order valence-corrected chi connectivity index (χ3v) is 6.92. The summed E-state index contributed by atoms with van der Waals surface area (Å²) in [6, 6.07) is 4.94. The molecule has 0 bridgehead atoms. The summed E-state index contributed by atoms with van der Waals surface area (Å²) in [6.45, 7) is 3.88. The Balaban J connectivity index is 1.68. The maximum Gasteiger partial charge on any atom is 0.226 e. The lowest BCUT2D eigenvalue weighted by atomic mass is 10.1. The van der Waals surface area contributed by atoms with Gasteiger partial charge in [0.15, 0.2) is 9.84 Å². The van der Waals surface area contributed by atoms with Crippen molar-refractivity contribution in [3.8, 4) is 0 Å². The SMILES string of the molecule is CCC(=O)N1CCc2cc(S(=O)(=O)CCC(=O)N3CCCCC3)ccc21. The molecule has 0 saturated carbocycles. The van der Waals surface area contributed by atoms with Crippen molar-refractivity contribution in [2.45, 2.75) is 50.3 Å². The van der Waals surface area contributed by atoms with Crippen molar-refractivity contribution in [3.05, 3.63) is 23.8 Å². The van der Waals surface area contributed by atoms with E-state index in [-0.39, 0.29) is 28.9 Å². The van der Waals surface area contributed by atoms with Crippen LogP contribution in [-0.4, -0.2) is 50.5 Å². The Morgan fingerprint density at radius 3 is 2.46 bits per heavy atom. The molecular weight excluding hydrogens is 352 g/mol. The van der Waals surface area contributed by atoms with Crippen molar-refractivity contribution in [1.82, 2.24) is 4.90 Å². The number of anilines is 1. The van der Waals surface area contributed by atoms with Crippen molar-refractivity contribution < 1.29 is 18.0 Å². The quantitative estimate of drug-likeness (QED) is 0.787. The molecule has 2 aliphatic rings. The zero-order valence-electron chi connectivity index (χ0n) is 15.2. The van der Waals surface area contributed by atoms with Gasteiger partial charge in [0.25, 0.3) is 0 Å². The Morgan fingerprint density at radius 2 is 1.77 bits per heavy atom. The molecule has 0 unspecified atom stereocenters. The summed E-state index contributed by atoms with van der Waals surface area (Å²) in [7, 11) is -3.51. The van der Waals surface area contributed by atoms with Gasteiger partial charge in [-0.05, 0) is 49.4 Å². The second kappa shape index (κ2) is 7.78. The number of hydrogen-bond donors (Lipinski definition) is 0. The summed E-state index contributed by atoms with van der Waals surface area (Å²) >= 11 is 0. The summed E-state index contributed by atoms with van der Waals surface area (Å²) in [4.78, 5) is 27.9. The average Bonchev–Trinajstić information content (AvgIpc) is 3.09. The normalized spacial score (nSPS) is 17.3. The van der Waals surface area contributed by atoms with Crippen LogP contribution in [0.4, 0.5) is 5.69 Å². The highest BCUT2D eigenvalue weighted by atomic mass is 32.2. The van der Waals surface area contributed by atoms with Gasteiger partial charge in [-0.1, -0.05) is 6.92 Å². The molecule has 142 valence electrons. The van der Waals surface area contributed by atoms with E-state index in [1.807, 2.05) is 6.92 Å². The molecule has 0 spiro atoms. The van der Waals surface area contributed by atoms with Crippen LogP contribution >= 0.6 is 0 Å². The number of nitrogens with zero attached hydrogens (tertiary/aromatic N) is 2. The van der Waals surface area contributed by atoms with Crippen molar-refractivity contribution in [1.29, 1.82) is 0 Å². The first kappa shape index (κ1) is 18.9. The largest absolute Gasteiger partial charge is 0.343 e. The van der Waals surface area contributed by atoms with Crippen molar-refractivity contribution in [2.75, 3.05) is 30.3 Å². The molecule has 0 N–H and O–H groups in total. The van der Waals surface area contributed by atoms with Crippen LogP contribution in [0.5, 0.6) is 0 Å². The molecule has 1 saturated heterocycles. The molecular formula is C19H26N2O4S. The molecule has 26 heavy (non-hydrogen) atoms. The Labute approximate surface area is 155 Å². The fourth-order valence-corrected chi connectivity index (χ4v) is 4.94. The maximum absolute atomic E-state index is 12.6. The number of fused-ring (bicyclic) bond motifs is 1. The van der Waals surface area contributed by atoms with Gasteiger partial charge in [0.05, 0.1) is 10.6 Å². The summed E-state index contributed by atoms with van der Waals surface area (Å²) in [5, 5.41) is 0. The van der Waals surface area contributed by atoms with Gasteiger partial charge in [-0.25, -0.2) is 8.42 Å². The molecule has 0 radical (unpaired) electrons. The fourth-order valence-electron chi connectivity index (χ4n) is 3.66. The Kier molecular flexibility index (Phi) is 5.65. The number of carbonyl (C=O) groups is 2. The van der Waals surface area contributed by atoms with Crippen LogP contribution in [0.2, 0.25) is 0 Å². The summed E-state index contributed by atoms with van der Waals surface area (Å²) in [5.74, 6) is -0.195. The van der Waals surface area contributed by atoms with Gasteiger partial charge in [0.2, 0.25) is 11.8 Å². The minimum Gasteiger partial charge on any atom is -0.343 e. The van der Waals surface area contributed by atoms with E-state index in [4.69, 9.17) is 0 Å². The van der Waals surface area contributed by atoms with E-state index in [1.165, 1.54) is 0 Å². The predicted molar refractivity (Wildman–Crippen MR) is 99.9 cm³/mol. The smallest absolute Gasteiger partial charge is 0.226 e. The number of sulfone groups is 1. The second-order valence-electron chi connectivity index (χ2n) is 6.95. The molecule has 7 heteroatoms. The van der Waals surface area contributed by atoms with Gasteiger partial charge in [0, 0.05) is 38.2 Å². The first-order chi connectivity index (χ1) is 12.4. The van der Waals surface area contributed by atoms with Gasteiger partial charge in [-0.3, -0.25) is 9.59 Å². The lowest BCUT2D eigenvalue weighted by Gasteiger charge is -2.26. The van der Waals surface area contributed by atoms with E-state index in [9.17, 15) is 18.0 Å². The molecule has 1 fully saturated rings. The second-order valence-corrected chi connectivity index (χ2v) is 9.06. The van der Waals surface area contributed by atoms with Crippen molar-refractivity contribution in [2.24, 2.45) is 0 Å². The molecule has 1 aromatic carbocycles. The summed E-state index contributed by atoms with van der Waals surface area (Å²) in [5.41, 5.74) is 1.69. The average molecular weight is 378 g/mol. The highest BCUT2D eigenvalue weighted by Gasteiger charge is 2.26. The van der Waals surface area contributed by atoms with Crippen LogP contribution in [0.1, 0.15) is 44.6 Å². The van der Waals surface area contributed by atoms with E-state index in [0.29, 0.717) is 19.4 Å². The first-order valence-corrected chi connectivity index (χ1v) is 11.0. The minimum absolute atomic E-state index is 0.0276. The number of hydrogen-bond acceptors (Lipinski definition) is 4. The summed E-state index contributed by atoms with van der Waals surface area (Å²) < 4.78 is 25.3. The van der Waals surface area contributed by atoms with Crippen LogP contribution in [0.25, 0.3) is 0 Å². The van der Waals surface area contributed by atoms with Gasteiger partial charge in [-0.2, -0.15) is 0 Å². The van der Waals surface area contributed by atoms with Crippen molar-refractivity contribution >= 4 is 27.3 Å². The molecule has 0 aliphatic carbocycles. The highest BCUT2D eigenvalue weighted by Crippen LogP contribution is 2.31. The Hall–Kier alpha value is -1.89. The number of piperidine rings is 1. The zero-order chi connectivity index (χ0) is 18.7. The van der Waals surface area contributed by atoms with Crippen molar-refractivity contribution in [3.63, 3.8) is 0 Å². The molecule has 1 aromatic rings. The number of benzene rings is 1. The lowest BCUT2D eigenvalue weighted by Crippen LogP contribution is -2.36. The van der Waals surface area contributed by atoms with Crippen LogP contribution < -0.4 is 4.90 Å². The van der Waals surface area contributed by atoms with E-state index in [2.05, 4.69) is 0 Å². The highest BCUT2D eigenvalue weighted by molar-refractivity contribution is 7.91. The molecule has 0 aromatic heterocycles. The maximum atomic E-state index is 12.6. The third kappa shape index (κ3) is 3.92. The van der Waals surface area contributed by atoms with Crippen LogP contribution in [0, 0.1) is 0 Å². The van der Waals surface area contributed by atoms with Crippen LogP contribution in [0.15, 0.2) is 23.1 Å². The van der Waals surface area contributed by atoms with Crippen LogP contribution in [0.3, 0.4) is 0 Å². The molecule has 3 rings (SSSR count). The van der Waals surface area contributed by atoms with Gasteiger partial charge < -0.3 is 9.80 Å². The molecule has 2 heterocycles. The molecule has 6 nitrogen and oxygen atoms in total. The number of amides is 2. The van der Waals surface area contributed by atoms with E-state index >= 15 is 0 Å². The number of likely N-dealkylation sites (tertiary alicyclic amines) is 1. The predicted octanol–water partition coefficient (Wildman–Crippen LogP) is 2.16. The van der Waals surface area contributed by atoms with E-state index in [0.717, 1.165) is 43.6 Å².